The van der Waals surface area contributed by atoms with Crippen molar-refractivity contribution in [3.05, 3.63) is 0 Å². The van der Waals surface area contributed by atoms with Gasteiger partial charge in [0.25, 0.3) is 0 Å². The van der Waals surface area contributed by atoms with Gasteiger partial charge in [0.2, 0.25) is 0 Å². The molecule has 0 aliphatic carbocycles. The molecule has 4 nitrogen and oxygen atoms in total. The molecule has 0 saturated carbocycles. The molecule has 0 bridgehead atoms. The fourth-order valence-electron chi connectivity index (χ4n) is 0.295. The van der Waals surface area contributed by atoms with Gasteiger partial charge in [-0.15, -0.1) is 0 Å². The van der Waals surface area contributed by atoms with Crippen LogP contribution < -0.4 is 0 Å². The maximum Gasteiger partial charge on any atom is 0.318 e. The zero-order chi connectivity index (χ0) is 7.98. The molecule has 0 rings (SSSR count). The van der Waals surface area contributed by atoms with E-state index in [9.17, 15) is 9.59 Å². The summed E-state index contributed by atoms with van der Waals surface area (Å²) in [5, 5.41) is 0. The van der Waals surface area contributed by atoms with Crippen LogP contribution in [0.3, 0.4) is 0 Å². The summed E-state index contributed by atoms with van der Waals surface area (Å²) >= 11 is 6.45. The molecule has 7 heteroatoms. The van der Waals surface area contributed by atoms with Crippen LogP contribution in [-0.4, -0.2) is 11.9 Å². The predicted octanol–water partition coefficient (Wildman–Crippen LogP) is 0.543. The van der Waals surface area contributed by atoms with Crippen molar-refractivity contribution in [2.45, 2.75) is 12.8 Å². The van der Waals surface area contributed by atoms with Gasteiger partial charge < -0.3 is 8.37 Å². The first-order valence-electron chi connectivity index (χ1n) is 2.39. The van der Waals surface area contributed by atoms with Gasteiger partial charge in [0.15, 0.2) is 0 Å². The van der Waals surface area contributed by atoms with Crippen LogP contribution in [0, 0.1) is 39.9 Å². The Morgan fingerprint density at radius 3 is 1.45 bits per heavy atom. The van der Waals surface area contributed by atoms with Gasteiger partial charge in [-0.1, -0.05) is 0 Å². The van der Waals surface area contributed by atoms with Gasteiger partial charge in [-0.25, -0.2) is 0 Å². The minimum Gasteiger partial charge on any atom is -0.395 e. The van der Waals surface area contributed by atoms with Crippen LogP contribution in [0.25, 0.3) is 0 Å². The summed E-state index contributed by atoms with van der Waals surface area (Å²) in [5.74, 6) is -1.14. The van der Waals surface area contributed by atoms with Gasteiger partial charge >= 0.3 is 11.9 Å². The minimum atomic E-state index is -0.568. The first-order chi connectivity index (χ1) is 4.70. The molecule has 0 aromatic heterocycles. The van der Waals surface area contributed by atoms with Crippen molar-refractivity contribution in [3.63, 3.8) is 0 Å². The maximum atomic E-state index is 10.3. The van der Waals surface area contributed by atoms with Gasteiger partial charge in [0.05, 0.1) is 12.8 Å². The van der Waals surface area contributed by atoms with Crippen molar-refractivity contribution in [1.29, 1.82) is 0 Å². The van der Waals surface area contributed by atoms with Crippen LogP contribution in [0.2, 0.25) is 0 Å². The predicted molar refractivity (Wildman–Crippen MR) is 39.4 cm³/mol. The monoisotopic (exact) mass is 340 g/mol. The minimum absolute atomic E-state index is 0. The molecule has 0 aromatic carbocycles. The van der Waals surface area contributed by atoms with Crippen molar-refractivity contribution < 1.29 is 57.9 Å². The van der Waals surface area contributed by atoms with E-state index in [2.05, 4.69) is 34.2 Å². The Balaban J connectivity index is 0. The van der Waals surface area contributed by atoms with E-state index in [1.54, 1.807) is 0 Å². The van der Waals surface area contributed by atoms with E-state index in [1.807, 2.05) is 0 Å². The largest absolute Gasteiger partial charge is 0.395 e. The van der Waals surface area contributed by atoms with E-state index < -0.39 is 11.9 Å². The van der Waals surface area contributed by atoms with E-state index in [1.165, 1.54) is 0 Å². The summed E-state index contributed by atoms with van der Waals surface area (Å²) in [4.78, 5) is 20.6. The molecule has 11 heavy (non-hydrogen) atoms. The van der Waals surface area contributed by atoms with Gasteiger partial charge in [-0.2, -0.15) is 0 Å². The molecule has 0 aromatic rings. The molecule has 66 valence electrons. The van der Waals surface area contributed by atoms with Crippen LogP contribution >= 0.6 is 25.8 Å². The maximum absolute atomic E-state index is 10.3. The van der Waals surface area contributed by atoms with Crippen LogP contribution in [0.1, 0.15) is 12.8 Å². The second-order valence-electron chi connectivity index (χ2n) is 1.43. The summed E-state index contributed by atoms with van der Waals surface area (Å²) in [6.07, 6.45) is -0.0776. The van der Waals surface area contributed by atoms with Crippen LogP contribution in [0.4, 0.5) is 0 Å². The van der Waals surface area contributed by atoms with Crippen molar-refractivity contribution in [3.8, 4) is 0 Å². The molecule has 0 radical (unpaired) electrons. The third-order valence-electron chi connectivity index (χ3n) is 0.737. The molecule has 0 fully saturated rings. The molecular formula is C4H6GdO4S2. The summed E-state index contributed by atoms with van der Waals surface area (Å²) in [6, 6.07) is 0. The number of carbonyl (C=O) groups excluding carboxylic acids is 2. The molecule has 0 N–H and O–H groups in total. The molecule has 0 aliphatic heterocycles. The fraction of sp³-hybridized carbons (Fsp3) is 0.500. The number of rotatable bonds is 3. The smallest absolute Gasteiger partial charge is 0.318 e. The SMILES string of the molecule is O=C(CCC(=O)OS)OS.[Gd]. The topological polar surface area (TPSA) is 52.6 Å². The quantitative estimate of drug-likeness (QED) is 0.582. The van der Waals surface area contributed by atoms with E-state index in [0.717, 1.165) is 0 Å². The van der Waals surface area contributed by atoms with Crippen molar-refractivity contribution in [2.24, 2.45) is 0 Å². The standard InChI is InChI=1S/C4H6O4S2.Gd/c5-3(7-9)1-2-4(6)8-10;/h9-10H,1-2H2;. The van der Waals surface area contributed by atoms with Gasteiger partial charge in [-0.05, 0) is 0 Å². The fourth-order valence-corrected chi connectivity index (χ4v) is 0.478. The first-order valence-corrected chi connectivity index (χ1v) is 3.12. The van der Waals surface area contributed by atoms with Crippen molar-refractivity contribution in [2.75, 3.05) is 0 Å². The van der Waals surface area contributed by atoms with Gasteiger partial charge in [0.1, 0.15) is 0 Å². The van der Waals surface area contributed by atoms with Crippen molar-refractivity contribution in [1.82, 2.24) is 0 Å². The average Bonchev–Trinajstić information content (AvgIpc) is 1.99. The van der Waals surface area contributed by atoms with E-state index in [4.69, 9.17) is 0 Å². The Morgan fingerprint density at radius 2 is 1.27 bits per heavy atom. The van der Waals surface area contributed by atoms with Gasteiger partial charge in [0, 0.05) is 65.8 Å². The summed E-state index contributed by atoms with van der Waals surface area (Å²) in [6.45, 7) is 0. The van der Waals surface area contributed by atoms with E-state index >= 15 is 0 Å². The van der Waals surface area contributed by atoms with Gasteiger partial charge in [-0.3, -0.25) is 9.59 Å². The molecule has 0 aliphatic rings. The van der Waals surface area contributed by atoms with Crippen LogP contribution in [-0.2, 0) is 18.0 Å². The number of carbonyl (C=O) groups is 2. The second kappa shape index (κ2) is 9.06. The third kappa shape index (κ3) is 8.87. The Labute approximate surface area is 107 Å². The zero-order valence-corrected chi connectivity index (χ0v) is 9.35. The van der Waals surface area contributed by atoms with Crippen LogP contribution in [0.15, 0.2) is 0 Å². The second-order valence-corrected chi connectivity index (χ2v) is 1.79. The average molecular weight is 339 g/mol. The van der Waals surface area contributed by atoms with Crippen molar-refractivity contribution >= 4 is 37.8 Å². The van der Waals surface area contributed by atoms with E-state index in [0.29, 0.717) is 0 Å². The normalized spacial score (nSPS) is 7.82. The number of thiol groups is 2. The molecule has 0 unspecified atom stereocenters. The Kier molecular flexibility index (Phi) is 11.9. The van der Waals surface area contributed by atoms with E-state index in [-0.39, 0.29) is 52.8 Å². The Hall–Kier alpha value is 0.965. The third-order valence-corrected chi connectivity index (χ3v) is 1.14. The summed E-state index contributed by atoms with van der Waals surface area (Å²) in [5.41, 5.74) is 0. The molecular weight excluding hydrogens is 333 g/mol. The Bertz CT molecular complexity index is 124. The molecule has 0 amide bonds. The number of hydrogen-bond donors (Lipinski definition) is 2. The molecule has 0 atom stereocenters. The molecule has 0 heterocycles. The number of hydrogen-bond acceptors (Lipinski definition) is 6. The zero-order valence-electron chi connectivity index (χ0n) is 5.30. The summed E-state index contributed by atoms with van der Waals surface area (Å²) in [7, 11) is 0. The van der Waals surface area contributed by atoms with Crippen LogP contribution in [0.5, 0.6) is 0 Å². The first kappa shape index (κ1) is 14.5. The molecule has 0 spiro atoms. The molecule has 0 saturated heterocycles. The Morgan fingerprint density at radius 1 is 1.00 bits per heavy atom. The summed E-state index contributed by atoms with van der Waals surface area (Å²) < 4.78 is 7.94.